The molecule has 2 N–H and O–H groups in total. The van der Waals surface area contributed by atoms with Crippen molar-refractivity contribution >= 4 is 11.9 Å². The number of carbonyl (C=O) groups excluding carboxylic acids is 1. The number of Topliss-reactive ketones (excluding diaryl/α,β-unsaturated/α-hetero) is 1. The fourth-order valence-electron chi connectivity index (χ4n) is 2.37. The van der Waals surface area contributed by atoms with Crippen LogP contribution in [-0.2, 0) is 0 Å². The van der Waals surface area contributed by atoms with Gasteiger partial charge in [0.2, 0.25) is 5.78 Å². The van der Waals surface area contributed by atoms with Gasteiger partial charge < -0.3 is 24.4 Å². The molecule has 0 atom stereocenters. The van der Waals surface area contributed by atoms with Gasteiger partial charge in [-0.2, -0.15) is 0 Å². The largest absolute Gasteiger partial charge is 0.508 e. The average molecular weight is 314 g/mol. The third kappa shape index (κ3) is 2.55. The van der Waals surface area contributed by atoms with Gasteiger partial charge in [-0.1, -0.05) is 6.07 Å². The van der Waals surface area contributed by atoms with Crippen molar-refractivity contribution in [2.75, 3.05) is 14.2 Å². The SMILES string of the molecule is COc1ccc(/C=C2\Oc3cc(O)cc(O)c3C2=O)cc1OC. The lowest BCUT2D eigenvalue weighted by Crippen LogP contribution is -1.98. The van der Waals surface area contributed by atoms with Gasteiger partial charge in [-0.25, -0.2) is 0 Å². The van der Waals surface area contributed by atoms with E-state index in [0.29, 0.717) is 17.1 Å². The number of fused-ring (bicyclic) bond motifs is 1. The number of rotatable bonds is 3. The summed E-state index contributed by atoms with van der Waals surface area (Å²) in [5.41, 5.74) is 0.706. The number of hydrogen-bond donors (Lipinski definition) is 2. The number of aromatic hydroxyl groups is 2. The molecule has 0 aliphatic carbocycles. The summed E-state index contributed by atoms with van der Waals surface area (Å²) in [4.78, 5) is 12.3. The summed E-state index contributed by atoms with van der Waals surface area (Å²) >= 11 is 0. The highest BCUT2D eigenvalue weighted by atomic mass is 16.5. The van der Waals surface area contributed by atoms with Crippen LogP contribution < -0.4 is 14.2 Å². The number of allylic oxidation sites excluding steroid dienone is 1. The number of phenolic OH excluding ortho intramolecular Hbond substituents is 2. The smallest absolute Gasteiger partial charge is 0.235 e. The molecule has 1 heterocycles. The molecular formula is C17H14O6. The maximum Gasteiger partial charge on any atom is 0.235 e. The highest BCUT2D eigenvalue weighted by molar-refractivity contribution is 6.16. The minimum Gasteiger partial charge on any atom is -0.508 e. The molecule has 3 rings (SSSR count). The van der Waals surface area contributed by atoms with Gasteiger partial charge >= 0.3 is 0 Å². The standard InChI is InChI=1S/C17H14O6/c1-21-12-4-3-9(5-13(12)22-2)6-15-17(20)16-11(19)7-10(18)8-14(16)23-15/h3-8,18-19H,1-2H3/b15-6-. The number of methoxy groups -OCH3 is 2. The zero-order valence-corrected chi connectivity index (χ0v) is 12.5. The molecule has 0 saturated carbocycles. The molecule has 1 aliphatic heterocycles. The summed E-state index contributed by atoms with van der Waals surface area (Å²) in [6.45, 7) is 0. The van der Waals surface area contributed by atoms with E-state index in [1.54, 1.807) is 18.2 Å². The number of hydrogen-bond acceptors (Lipinski definition) is 6. The fourth-order valence-corrected chi connectivity index (χ4v) is 2.37. The molecule has 23 heavy (non-hydrogen) atoms. The van der Waals surface area contributed by atoms with Gasteiger partial charge in [-0.15, -0.1) is 0 Å². The zero-order valence-electron chi connectivity index (χ0n) is 12.5. The van der Waals surface area contributed by atoms with Gasteiger partial charge in [0.25, 0.3) is 0 Å². The second kappa shape index (κ2) is 5.57. The van der Waals surface area contributed by atoms with Gasteiger partial charge in [0.1, 0.15) is 22.8 Å². The maximum atomic E-state index is 12.3. The van der Waals surface area contributed by atoms with Gasteiger partial charge in [-0.05, 0) is 23.8 Å². The van der Waals surface area contributed by atoms with Crippen molar-refractivity contribution in [3.05, 3.63) is 47.2 Å². The molecule has 6 heteroatoms. The van der Waals surface area contributed by atoms with E-state index in [2.05, 4.69) is 0 Å². The number of ketones is 1. The minimum atomic E-state index is -0.452. The van der Waals surface area contributed by atoms with Crippen molar-refractivity contribution in [2.45, 2.75) is 0 Å². The molecule has 2 aromatic carbocycles. The van der Waals surface area contributed by atoms with Crippen LogP contribution in [0.15, 0.2) is 36.1 Å². The fraction of sp³-hybridized carbons (Fsp3) is 0.118. The van der Waals surface area contributed by atoms with Crippen molar-refractivity contribution in [1.29, 1.82) is 0 Å². The van der Waals surface area contributed by atoms with Gasteiger partial charge in [0.15, 0.2) is 17.3 Å². The molecule has 0 aromatic heterocycles. The third-order valence-electron chi connectivity index (χ3n) is 3.44. The lowest BCUT2D eigenvalue weighted by molar-refractivity contribution is 0.101. The average Bonchev–Trinajstić information content (AvgIpc) is 2.83. The van der Waals surface area contributed by atoms with E-state index in [-0.39, 0.29) is 28.6 Å². The molecule has 1 aliphatic rings. The summed E-state index contributed by atoms with van der Waals surface area (Å²) in [6.07, 6.45) is 1.53. The third-order valence-corrected chi connectivity index (χ3v) is 3.44. The normalized spacial score (nSPS) is 14.5. The molecule has 6 nitrogen and oxygen atoms in total. The van der Waals surface area contributed by atoms with E-state index in [1.165, 1.54) is 26.4 Å². The Morgan fingerprint density at radius 3 is 2.48 bits per heavy atom. The Morgan fingerprint density at radius 2 is 1.78 bits per heavy atom. The van der Waals surface area contributed by atoms with Gasteiger partial charge in [-0.3, -0.25) is 4.79 Å². The number of ether oxygens (including phenoxy) is 3. The van der Waals surface area contributed by atoms with Crippen LogP contribution in [0, 0.1) is 0 Å². The number of benzene rings is 2. The Hall–Kier alpha value is -3.15. The number of phenols is 2. The van der Waals surface area contributed by atoms with Crippen LogP contribution in [0.4, 0.5) is 0 Å². The quantitative estimate of drug-likeness (QED) is 0.847. The Balaban J connectivity index is 1.99. The van der Waals surface area contributed by atoms with E-state index in [4.69, 9.17) is 14.2 Å². The lowest BCUT2D eigenvalue weighted by Gasteiger charge is -2.08. The predicted octanol–water partition coefficient (Wildman–Crippen LogP) is 2.73. The van der Waals surface area contributed by atoms with E-state index in [0.717, 1.165) is 6.07 Å². The van der Waals surface area contributed by atoms with Gasteiger partial charge in [0, 0.05) is 12.1 Å². The van der Waals surface area contributed by atoms with Crippen LogP contribution in [0.5, 0.6) is 28.7 Å². The zero-order chi connectivity index (χ0) is 16.6. The first-order chi connectivity index (χ1) is 11.0. The highest BCUT2D eigenvalue weighted by Gasteiger charge is 2.31. The van der Waals surface area contributed by atoms with Crippen molar-refractivity contribution < 1.29 is 29.2 Å². The van der Waals surface area contributed by atoms with E-state index in [1.807, 2.05) is 0 Å². The first-order valence-corrected chi connectivity index (χ1v) is 6.75. The molecule has 0 bridgehead atoms. The van der Waals surface area contributed by atoms with E-state index >= 15 is 0 Å². The summed E-state index contributed by atoms with van der Waals surface area (Å²) in [5.74, 6) is 0.311. The summed E-state index contributed by atoms with van der Waals surface area (Å²) in [7, 11) is 3.05. The van der Waals surface area contributed by atoms with Crippen LogP contribution in [-0.4, -0.2) is 30.2 Å². The van der Waals surface area contributed by atoms with Crippen molar-refractivity contribution in [3.63, 3.8) is 0 Å². The molecule has 0 fully saturated rings. The Morgan fingerprint density at radius 1 is 1.04 bits per heavy atom. The summed E-state index contributed by atoms with van der Waals surface area (Å²) < 4.78 is 15.8. The van der Waals surface area contributed by atoms with Gasteiger partial charge in [0.05, 0.1) is 14.2 Å². The molecule has 0 saturated heterocycles. The van der Waals surface area contributed by atoms with Crippen molar-refractivity contribution in [1.82, 2.24) is 0 Å². The van der Waals surface area contributed by atoms with E-state index < -0.39 is 5.78 Å². The molecule has 0 unspecified atom stereocenters. The van der Waals surface area contributed by atoms with Crippen LogP contribution in [0.25, 0.3) is 6.08 Å². The molecule has 0 spiro atoms. The lowest BCUT2D eigenvalue weighted by atomic mass is 10.1. The molecule has 2 aromatic rings. The van der Waals surface area contributed by atoms with Crippen LogP contribution in [0.3, 0.4) is 0 Å². The number of carbonyl (C=O) groups is 1. The Labute approximate surface area is 132 Å². The van der Waals surface area contributed by atoms with Crippen molar-refractivity contribution in [2.24, 2.45) is 0 Å². The van der Waals surface area contributed by atoms with E-state index in [9.17, 15) is 15.0 Å². The topological polar surface area (TPSA) is 85.2 Å². The first-order valence-electron chi connectivity index (χ1n) is 6.75. The molecular weight excluding hydrogens is 300 g/mol. The Kier molecular flexibility index (Phi) is 3.57. The van der Waals surface area contributed by atoms with Crippen LogP contribution in [0.1, 0.15) is 15.9 Å². The molecule has 0 amide bonds. The monoisotopic (exact) mass is 314 g/mol. The van der Waals surface area contributed by atoms with Crippen LogP contribution >= 0.6 is 0 Å². The highest BCUT2D eigenvalue weighted by Crippen LogP contribution is 2.40. The summed E-state index contributed by atoms with van der Waals surface area (Å²) in [5, 5.41) is 19.3. The second-order valence-corrected chi connectivity index (χ2v) is 4.89. The second-order valence-electron chi connectivity index (χ2n) is 4.89. The Bertz CT molecular complexity index is 822. The van der Waals surface area contributed by atoms with Crippen LogP contribution in [0.2, 0.25) is 0 Å². The van der Waals surface area contributed by atoms with Crippen molar-refractivity contribution in [3.8, 4) is 28.7 Å². The summed E-state index contributed by atoms with van der Waals surface area (Å²) in [6, 6.07) is 7.52. The molecule has 118 valence electrons. The minimum absolute atomic E-state index is 0.0366. The first kappa shape index (κ1) is 14.8. The molecule has 0 radical (unpaired) electrons. The predicted molar refractivity (Wildman–Crippen MR) is 82.3 cm³/mol. The maximum absolute atomic E-state index is 12.3.